The molecule has 124 valence electrons. The first-order valence-electron chi connectivity index (χ1n) is 7.65. The number of sulfonamides is 1. The Bertz CT molecular complexity index is 752. The van der Waals surface area contributed by atoms with Gasteiger partial charge in [-0.1, -0.05) is 30.3 Å². The van der Waals surface area contributed by atoms with Crippen molar-refractivity contribution in [2.45, 2.75) is 31.2 Å². The number of H-pyrrole nitrogens is 1. The van der Waals surface area contributed by atoms with Crippen LogP contribution in [0.2, 0.25) is 0 Å². The Morgan fingerprint density at radius 2 is 2.04 bits per heavy atom. The van der Waals surface area contributed by atoms with Crippen LogP contribution in [0.25, 0.3) is 0 Å². The quantitative estimate of drug-likeness (QED) is 0.922. The third-order valence-electron chi connectivity index (χ3n) is 4.11. The number of hydrogen-bond donors (Lipinski definition) is 1. The number of ether oxygens (including phenoxy) is 1. The predicted octanol–water partition coefficient (Wildman–Crippen LogP) is 1.66. The fourth-order valence-corrected chi connectivity index (χ4v) is 4.97. The molecule has 3 rings (SSSR count). The van der Waals surface area contributed by atoms with Crippen LogP contribution in [0, 0.1) is 13.8 Å². The molecule has 2 aromatic rings. The summed E-state index contributed by atoms with van der Waals surface area (Å²) in [7, 11) is -3.59. The summed E-state index contributed by atoms with van der Waals surface area (Å²) in [5, 5.41) is 6.78. The van der Waals surface area contributed by atoms with Gasteiger partial charge >= 0.3 is 0 Å². The second-order valence-corrected chi connectivity index (χ2v) is 7.62. The van der Waals surface area contributed by atoms with Crippen LogP contribution in [0.3, 0.4) is 0 Å². The summed E-state index contributed by atoms with van der Waals surface area (Å²) in [6.07, 6.45) is 0.635. The molecule has 0 amide bonds. The monoisotopic (exact) mass is 335 g/mol. The maximum atomic E-state index is 13.1. The molecule has 23 heavy (non-hydrogen) atoms. The van der Waals surface area contributed by atoms with Gasteiger partial charge in [-0.3, -0.25) is 5.10 Å². The number of hydrogen-bond acceptors (Lipinski definition) is 4. The van der Waals surface area contributed by atoms with E-state index in [-0.39, 0.29) is 10.9 Å². The van der Waals surface area contributed by atoms with Crippen molar-refractivity contribution >= 4 is 10.0 Å². The van der Waals surface area contributed by atoms with Gasteiger partial charge in [-0.05, 0) is 25.8 Å². The molecule has 1 aliphatic rings. The molecule has 1 atom stereocenters. The number of nitrogens with zero attached hydrogens (tertiary/aromatic N) is 2. The molecule has 1 aliphatic heterocycles. The lowest BCUT2D eigenvalue weighted by Gasteiger charge is -2.34. The van der Waals surface area contributed by atoms with Gasteiger partial charge < -0.3 is 4.74 Å². The van der Waals surface area contributed by atoms with Gasteiger partial charge in [-0.2, -0.15) is 9.40 Å². The normalized spacial score (nSPS) is 19.8. The van der Waals surface area contributed by atoms with Gasteiger partial charge in [0.1, 0.15) is 4.90 Å². The van der Waals surface area contributed by atoms with Gasteiger partial charge in [0.2, 0.25) is 10.0 Å². The number of morpholine rings is 1. The summed E-state index contributed by atoms with van der Waals surface area (Å²) in [4.78, 5) is 0.289. The minimum atomic E-state index is -3.59. The first kappa shape index (κ1) is 16.2. The van der Waals surface area contributed by atoms with E-state index in [1.165, 1.54) is 0 Å². The van der Waals surface area contributed by atoms with Gasteiger partial charge in [0.05, 0.1) is 30.6 Å². The molecule has 7 heteroatoms. The van der Waals surface area contributed by atoms with Crippen molar-refractivity contribution in [3.8, 4) is 0 Å². The molecular weight excluding hydrogens is 314 g/mol. The van der Waals surface area contributed by atoms with E-state index in [1.807, 2.05) is 30.3 Å². The lowest BCUT2D eigenvalue weighted by molar-refractivity contribution is 0.0328. The molecule has 0 saturated carbocycles. The highest BCUT2D eigenvalue weighted by Crippen LogP contribution is 2.26. The molecule has 1 unspecified atom stereocenters. The number of nitrogens with one attached hydrogen (secondary N) is 1. The van der Waals surface area contributed by atoms with Crippen molar-refractivity contribution in [3.63, 3.8) is 0 Å². The molecule has 1 aromatic heterocycles. The second-order valence-electron chi connectivity index (χ2n) is 5.80. The number of benzene rings is 1. The van der Waals surface area contributed by atoms with Gasteiger partial charge in [-0.15, -0.1) is 0 Å². The average molecular weight is 335 g/mol. The van der Waals surface area contributed by atoms with Crippen LogP contribution in [-0.4, -0.2) is 48.7 Å². The van der Waals surface area contributed by atoms with Gasteiger partial charge in [-0.25, -0.2) is 8.42 Å². The highest BCUT2D eigenvalue weighted by molar-refractivity contribution is 7.89. The van der Waals surface area contributed by atoms with Gasteiger partial charge in [0.25, 0.3) is 0 Å². The highest BCUT2D eigenvalue weighted by Gasteiger charge is 2.36. The van der Waals surface area contributed by atoms with E-state index in [9.17, 15) is 8.42 Å². The first-order valence-corrected chi connectivity index (χ1v) is 9.09. The minimum Gasteiger partial charge on any atom is -0.378 e. The van der Waals surface area contributed by atoms with Gasteiger partial charge in [0.15, 0.2) is 0 Å². The number of rotatable bonds is 4. The van der Waals surface area contributed by atoms with Crippen LogP contribution in [0.4, 0.5) is 0 Å². The standard InChI is InChI=1S/C16H21N3O3S/c1-12-16(13(2)18-17-12)23(20,21)19-8-9-22-11-15(19)10-14-6-4-3-5-7-14/h3-7,15H,8-11H2,1-2H3,(H,17,18). The molecule has 0 radical (unpaired) electrons. The molecule has 0 bridgehead atoms. The Hall–Kier alpha value is -1.70. The van der Waals surface area contributed by atoms with Crippen molar-refractivity contribution in [1.29, 1.82) is 0 Å². The van der Waals surface area contributed by atoms with Crippen molar-refractivity contribution in [3.05, 3.63) is 47.3 Å². The zero-order valence-corrected chi connectivity index (χ0v) is 14.1. The van der Waals surface area contributed by atoms with Crippen LogP contribution in [0.1, 0.15) is 17.0 Å². The smallest absolute Gasteiger partial charge is 0.247 e. The number of aryl methyl sites for hydroxylation is 2. The molecule has 2 heterocycles. The Kier molecular flexibility index (Phi) is 4.52. The summed E-state index contributed by atoms with van der Waals surface area (Å²) in [6, 6.07) is 9.68. The molecule has 6 nitrogen and oxygen atoms in total. The molecule has 1 N–H and O–H groups in total. The lowest BCUT2D eigenvalue weighted by Crippen LogP contribution is -2.49. The molecule has 1 fully saturated rings. The number of aromatic amines is 1. The summed E-state index contributed by atoms with van der Waals surface area (Å²) < 4.78 is 33.3. The van der Waals surface area contributed by atoms with E-state index in [2.05, 4.69) is 10.2 Å². The van der Waals surface area contributed by atoms with Gasteiger partial charge in [0, 0.05) is 6.54 Å². The van der Waals surface area contributed by atoms with E-state index in [0.29, 0.717) is 37.6 Å². The van der Waals surface area contributed by atoms with E-state index in [0.717, 1.165) is 5.56 Å². The fraction of sp³-hybridized carbons (Fsp3) is 0.438. The summed E-state index contributed by atoms with van der Waals surface area (Å²) in [5.74, 6) is 0. The molecule has 0 aliphatic carbocycles. The molecule has 1 aromatic carbocycles. The van der Waals surface area contributed by atoms with E-state index in [1.54, 1.807) is 18.2 Å². The van der Waals surface area contributed by atoms with Crippen molar-refractivity contribution in [2.75, 3.05) is 19.8 Å². The fourth-order valence-electron chi connectivity index (χ4n) is 3.04. The van der Waals surface area contributed by atoms with E-state index >= 15 is 0 Å². The molecule has 0 spiro atoms. The minimum absolute atomic E-state index is 0.204. The lowest BCUT2D eigenvalue weighted by atomic mass is 10.1. The van der Waals surface area contributed by atoms with Crippen LogP contribution >= 0.6 is 0 Å². The third kappa shape index (κ3) is 3.17. The molecular formula is C16H21N3O3S. The zero-order chi connectivity index (χ0) is 16.4. The van der Waals surface area contributed by atoms with Crippen LogP contribution in [0.5, 0.6) is 0 Å². The Morgan fingerprint density at radius 1 is 1.30 bits per heavy atom. The Morgan fingerprint density at radius 3 is 2.70 bits per heavy atom. The maximum absolute atomic E-state index is 13.1. The predicted molar refractivity (Wildman–Crippen MR) is 86.7 cm³/mol. The topological polar surface area (TPSA) is 75.3 Å². The van der Waals surface area contributed by atoms with E-state index in [4.69, 9.17) is 4.74 Å². The second kappa shape index (κ2) is 6.43. The van der Waals surface area contributed by atoms with Crippen molar-refractivity contribution in [1.82, 2.24) is 14.5 Å². The largest absolute Gasteiger partial charge is 0.378 e. The van der Waals surface area contributed by atoms with Crippen LogP contribution < -0.4 is 0 Å². The SMILES string of the molecule is Cc1n[nH]c(C)c1S(=O)(=O)N1CCOCC1Cc1ccccc1. The van der Waals surface area contributed by atoms with Crippen molar-refractivity contribution in [2.24, 2.45) is 0 Å². The summed E-state index contributed by atoms with van der Waals surface area (Å²) in [6.45, 7) is 4.64. The van der Waals surface area contributed by atoms with E-state index < -0.39 is 10.0 Å². The first-order chi connectivity index (χ1) is 11.0. The Balaban J connectivity index is 1.92. The average Bonchev–Trinajstić information content (AvgIpc) is 2.88. The van der Waals surface area contributed by atoms with Crippen LogP contribution in [-0.2, 0) is 21.2 Å². The van der Waals surface area contributed by atoms with Crippen molar-refractivity contribution < 1.29 is 13.2 Å². The molecule has 1 saturated heterocycles. The maximum Gasteiger partial charge on any atom is 0.247 e. The summed E-state index contributed by atoms with van der Waals surface area (Å²) >= 11 is 0. The Labute approximate surface area is 136 Å². The third-order valence-corrected chi connectivity index (χ3v) is 6.33. The highest BCUT2D eigenvalue weighted by atomic mass is 32.2. The van der Waals surface area contributed by atoms with Crippen LogP contribution in [0.15, 0.2) is 35.2 Å². The number of aromatic nitrogens is 2. The zero-order valence-electron chi connectivity index (χ0n) is 13.3. The summed E-state index contributed by atoms with van der Waals surface area (Å²) in [5.41, 5.74) is 2.18.